The van der Waals surface area contributed by atoms with Crippen molar-refractivity contribution in [3.63, 3.8) is 0 Å². The number of hydrogen-bond donors (Lipinski definition) is 0. The van der Waals surface area contributed by atoms with Gasteiger partial charge in [-0.1, -0.05) is 0 Å². The summed E-state index contributed by atoms with van der Waals surface area (Å²) in [7, 11) is -0.790. The number of nitrogens with zero attached hydrogens (tertiary/aromatic N) is 2. The Morgan fingerprint density at radius 2 is 1.71 bits per heavy atom. The normalized spacial score (nSPS) is 19.9. The second-order valence-electron chi connectivity index (χ2n) is 9.42. The van der Waals surface area contributed by atoms with Crippen LogP contribution in [0.1, 0.15) is 52.0 Å². The van der Waals surface area contributed by atoms with E-state index in [1.165, 1.54) is 24.5 Å². The minimum atomic E-state index is -0.790. The molecule has 5 nitrogen and oxygen atoms in total. The van der Waals surface area contributed by atoms with Crippen LogP contribution in [0.15, 0.2) is 41.5 Å². The van der Waals surface area contributed by atoms with Crippen molar-refractivity contribution in [2.24, 2.45) is 0 Å². The number of rotatable bonds is 3. The average Bonchev–Trinajstić information content (AvgIpc) is 3.48. The van der Waals surface area contributed by atoms with Crippen molar-refractivity contribution < 1.29 is 18.1 Å². The molecule has 0 bridgehead atoms. The van der Waals surface area contributed by atoms with E-state index < -0.39 is 35.5 Å². The summed E-state index contributed by atoms with van der Waals surface area (Å²) < 4.78 is 42.5. The number of benzene rings is 2. The summed E-state index contributed by atoms with van der Waals surface area (Å²) in [6.45, 7) is 7.63. The molecule has 5 rings (SSSR count). The van der Waals surface area contributed by atoms with Crippen molar-refractivity contribution >= 4 is 23.5 Å². The zero-order chi connectivity index (χ0) is 22.1. The third-order valence-corrected chi connectivity index (χ3v) is 6.59. The van der Waals surface area contributed by atoms with E-state index in [0.29, 0.717) is 16.9 Å². The van der Waals surface area contributed by atoms with Gasteiger partial charge in [0.1, 0.15) is 23.3 Å². The molecule has 160 valence electrons. The minimum absolute atomic E-state index is 0.103. The Bertz CT molecular complexity index is 1250. The van der Waals surface area contributed by atoms with E-state index in [9.17, 15) is 13.6 Å². The molecule has 0 amide bonds. The van der Waals surface area contributed by atoms with Gasteiger partial charge in [0.05, 0.1) is 22.4 Å². The molecule has 1 saturated heterocycles. The molecule has 1 saturated carbocycles. The van der Waals surface area contributed by atoms with Crippen molar-refractivity contribution in [1.82, 2.24) is 9.55 Å². The second kappa shape index (κ2) is 6.71. The van der Waals surface area contributed by atoms with Gasteiger partial charge < -0.3 is 9.31 Å². The van der Waals surface area contributed by atoms with Gasteiger partial charge in [0.25, 0.3) is 5.56 Å². The van der Waals surface area contributed by atoms with Gasteiger partial charge in [-0.3, -0.25) is 9.36 Å². The first-order valence-corrected chi connectivity index (χ1v) is 10.4. The number of halogens is 2. The molecular weight excluding hydrogens is 401 g/mol. The topological polar surface area (TPSA) is 53.4 Å². The zero-order valence-corrected chi connectivity index (χ0v) is 17.9. The van der Waals surface area contributed by atoms with Crippen LogP contribution in [0, 0.1) is 11.6 Å². The fourth-order valence-corrected chi connectivity index (χ4v) is 3.91. The Balaban J connectivity index is 1.59. The van der Waals surface area contributed by atoms with Gasteiger partial charge in [0.15, 0.2) is 0 Å². The van der Waals surface area contributed by atoms with Crippen molar-refractivity contribution in [1.29, 1.82) is 0 Å². The van der Waals surface area contributed by atoms with Gasteiger partial charge >= 0.3 is 7.12 Å². The summed E-state index contributed by atoms with van der Waals surface area (Å²) in [5.74, 6) is -0.818. The van der Waals surface area contributed by atoms with E-state index in [1.807, 2.05) is 27.7 Å². The molecule has 1 aliphatic carbocycles. The highest BCUT2D eigenvalue weighted by molar-refractivity contribution is 6.62. The lowest BCUT2D eigenvalue weighted by atomic mass is 9.79. The van der Waals surface area contributed by atoms with Crippen molar-refractivity contribution in [2.75, 3.05) is 0 Å². The van der Waals surface area contributed by atoms with E-state index in [-0.39, 0.29) is 11.1 Å². The van der Waals surface area contributed by atoms with Crippen LogP contribution >= 0.6 is 0 Å². The molecule has 0 unspecified atom stereocenters. The second-order valence-corrected chi connectivity index (χ2v) is 9.42. The molecular formula is C23H23BF2N2O3. The molecule has 0 radical (unpaired) electrons. The predicted molar refractivity (Wildman–Crippen MR) is 115 cm³/mol. The van der Waals surface area contributed by atoms with E-state index in [2.05, 4.69) is 4.98 Å². The molecule has 0 spiro atoms. The summed E-state index contributed by atoms with van der Waals surface area (Å²) >= 11 is 0. The first-order valence-electron chi connectivity index (χ1n) is 10.4. The molecule has 1 aliphatic heterocycles. The van der Waals surface area contributed by atoms with Crippen LogP contribution in [0.2, 0.25) is 0 Å². The van der Waals surface area contributed by atoms with E-state index in [1.54, 1.807) is 12.1 Å². The average molecular weight is 424 g/mol. The van der Waals surface area contributed by atoms with Crippen LogP contribution in [-0.4, -0.2) is 27.9 Å². The molecule has 8 heteroatoms. The Morgan fingerprint density at radius 3 is 2.35 bits per heavy atom. The molecule has 31 heavy (non-hydrogen) atoms. The van der Waals surface area contributed by atoms with Crippen LogP contribution in [-0.2, 0) is 9.31 Å². The highest BCUT2D eigenvalue weighted by Crippen LogP contribution is 2.41. The zero-order valence-electron chi connectivity index (χ0n) is 17.9. The van der Waals surface area contributed by atoms with Gasteiger partial charge in [-0.15, -0.1) is 0 Å². The van der Waals surface area contributed by atoms with Crippen LogP contribution in [0.5, 0.6) is 0 Å². The standard InChI is InChI=1S/C23H23BF2N2O3/c1-22(2)23(3,4)31-24(30-22)15-9-16(25)11-17(10-15)28-12-27-19-8-14(13-5-6-13)7-18(26)20(19)21(28)29/h7-13H,5-6H2,1-4H3. The van der Waals surface area contributed by atoms with Crippen LogP contribution < -0.4 is 11.0 Å². The third kappa shape index (κ3) is 3.38. The lowest BCUT2D eigenvalue weighted by Crippen LogP contribution is -2.41. The molecule has 0 N–H and O–H groups in total. The van der Waals surface area contributed by atoms with Crippen molar-refractivity contribution in [2.45, 2.75) is 57.7 Å². The summed E-state index contributed by atoms with van der Waals surface area (Å²) in [5.41, 5.74) is 0.0753. The maximum atomic E-state index is 14.8. The SMILES string of the molecule is CC1(C)OB(c2cc(F)cc(-n3cnc4cc(C5CC5)cc(F)c4c3=O)c2)OC1(C)C. The van der Waals surface area contributed by atoms with Gasteiger partial charge in [0.2, 0.25) is 0 Å². The molecule has 1 aromatic heterocycles. The maximum absolute atomic E-state index is 14.8. The first-order chi connectivity index (χ1) is 14.6. The number of aromatic nitrogens is 2. The highest BCUT2D eigenvalue weighted by atomic mass is 19.1. The van der Waals surface area contributed by atoms with Gasteiger partial charge in [-0.2, -0.15) is 0 Å². The van der Waals surface area contributed by atoms with Gasteiger partial charge in [0, 0.05) is 0 Å². The molecule has 2 heterocycles. The Labute approximate surface area is 179 Å². The lowest BCUT2D eigenvalue weighted by molar-refractivity contribution is 0.00578. The van der Waals surface area contributed by atoms with E-state index in [0.717, 1.165) is 23.0 Å². The summed E-state index contributed by atoms with van der Waals surface area (Å²) in [6.07, 6.45) is 3.35. The number of hydrogen-bond acceptors (Lipinski definition) is 4. The van der Waals surface area contributed by atoms with Crippen molar-refractivity contribution in [3.8, 4) is 5.69 Å². The highest BCUT2D eigenvalue weighted by Gasteiger charge is 2.51. The van der Waals surface area contributed by atoms with E-state index in [4.69, 9.17) is 9.31 Å². The Kier molecular flexibility index (Phi) is 4.40. The minimum Gasteiger partial charge on any atom is -0.399 e. The summed E-state index contributed by atoms with van der Waals surface area (Å²) in [6, 6.07) is 7.31. The largest absolute Gasteiger partial charge is 0.495 e. The number of fused-ring (bicyclic) bond motifs is 1. The quantitative estimate of drug-likeness (QED) is 0.600. The van der Waals surface area contributed by atoms with Crippen LogP contribution in [0.25, 0.3) is 16.6 Å². The van der Waals surface area contributed by atoms with Crippen molar-refractivity contribution in [3.05, 3.63) is 64.2 Å². The predicted octanol–water partition coefficient (Wildman–Crippen LogP) is 3.84. The smallest absolute Gasteiger partial charge is 0.399 e. The maximum Gasteiger partial charge on any atom is 0.495 e. The molecule has 0 atom stereocenters. The molecule has 3 aromatic rings. The monoisotopic (exact) mass is 424 g/mol. The summed E-state index contributed by atoms with van der Waals surface area (Å²) in [5, 5.41) is -0.103. The first kappa shape index (κ1) is 20.3. The fraction of sp³-hybridized carbons (Fsp3) is 0.391. The molecule has 2 fully saturated rings. The van der Waals surface area contributed by atoms with E-state index >= 15 is 0 Å². The lowest BCUT2D eigenvalue weighted by Gasteiger charge is -2.32. The fourth-order valence-electron chi connectivity index (χ4n) is 3.91. The molecule has 2 aromatic carbocycles. The van der Waals surface area contributed by atoms with Gasteiger partial charge in [-0.25, -0.2) is 13.8 Å². The third-order valence-electron chi connectivity index (χ3n) is 6.59. The van der Waals surface area contributed by atoms with Gasteiger partial charge in [-0.05, 0) is 87.8 Å². The van der Waals surface area contributed by atoms with Crippen LogP contribution in [0.3, 0.4) is 0 Å². The summed E-state index contributed by atoms with van der Waals surface area (Å²) in [4.78, 5) is 17.4. The Morgan fingerprint density at radius 1 is 1.03 bits per heavy atom. The van der Waals surface area contributed by atoms with Crippen LogP contribution in [0.4, 0.5) is 8.78 Å². The molecule has 2 aliphatic rings. The Hall–Kier alpha value is -2.58.